The molecule has 0 bridgehead atoms. The third kappa shape index (κ3) is 3.36. The van der Waals surface area contributed by atoms with Crippen molar-refractivity contribution in [3.63, 3.8) is 0 Å². The topological polar surface area (TPSA) is 36.1 Å². The van der Waals surface area contributed by atoms with E-state index in [0.29, 0.717) is 16.9 Å². The van der Waals surface area contributed by atoms with Crippen LogP contribution in [0.4, 0.5) is 0 Å². The third-order valence-electron chi connectivity index (χ3n) is 3.01. The van der Waals surface area contributed by atoms with Crippen LogP contribution in [0.15, 0.2) is 0 Å². The van der Waals surface area contributed by atoms with E-state index in [1.165, 1.54) is 11.3 Å². The van der Waals surface area contributed by atoms with Crippen molar-refractivity contribution >= 4 is 41.2 Å². The smallest absolute Gasteiger partial charge is 0.227 e. The number of thioether (sulfide) groups is 1. The molecule has 0 aromatic carbocycles. The zero-order valence-electron chi connectivity index (χ0n) is 10.9. The average Bonchev–Trinajstić information content (AvgIpc) is 2.56. The molecule has 1 saturated heterocycles. The number of hydrogen-bond acceptors (Lipinski definition) is 4. The number of rotatable bonds is 2. The van der Waals surface area contributed by atoms with Crippen molar-refractivity contribution in [2.75, 3.05) is 13.1 Å². The van der Waals surface area contributed by atoms with Crippen LogP contribution in [0.1, 0.15) is 24.4 Å². The number of thiazole rings is 1. The maximum absolute atomic E-state index is 12.3. The van der Waals surface area contributed by atoms with Gasteiger partial charge in [-0.15, -0.1) is 11.3 Å². The van der Waals surface area contributed by atoms with E-state index in [1.54, 1.807) is 0 Å². The third-order valence-corrected chi connectivity index (χ3v) is 5.57. The van der Waals surface area contributed by atoms with E-state index in [0.717, 1.165) is 27.6 Å². The zero-order chi connectivity index (χ0) is 13.3. The second-order valence-corrected chi connectivity index (χ2v) is 8.45. The standard InChI is InChI=1S/C12H18N2OS3/c1-7-5-14(6-8(2)17-7)11(15)4-10-9(3)13-12(16)18-10/h7-8H,4-6H2,1-3H3,(H,13,16). The van der Waals surface area contributed by atoms with Crippen LogP contribution in [-0.4, -0.2) is 39.4 Å². The number of amides is 1. The molecule has 1 aromatic heterocycles. The zero-order valence-corrected chi connectivity index (χ0v) is 13.3. The molecule has 2 atom stereocenters. The normalized spacial score (nSPS) is 24.3. The number of H-pyrrole nitrogens is 1. The number of aromatic amines is 1. The van der Waals surface area contributed by atoms with E-state index in [2.05, 4.69) is 18.8 Å². The van der Waals surface area contributed by atoms with Gasteiger partial charge in [-0.3, -0.25) is 4.79 Å². The minimum absolute atomic E-state index is 0.224. The van der Waals surface area contributed by atoms with Crippen molar-refractivity contribution in [1.29, 1.82) is 0 Å². The first-order chi connectivity index (χ1) is 8.45. The molecule has 18 heavy (non-hydrogen) atoms. The van der Waals surface area contributed by atoms with Gasteiger partial charge in [0, 0.05) is 34.2 Å². The van der Waals surface area contributed by atoms with Crippen LogP contribution in [0.2, 0.25) is 0 Å². The first-order valence-corrected chi connectivity index (χ1v) is 8.24. The van der Waals surface area contributed by atoms with E-state index in [-0.39, 0.29) is 5.91 Å². The summed E-state index contributed by atoms with van der Waals surface area (Å²) in [4.78, 5) is 18.5. The largest absolute Gasteiger partial charge is 0.341 e. The monoisotopic (exact) mass is 302 g/mol. The fourth-order valence-corrected chi connectivity index (χ4v) is 4.84. The van der Waals surface area contributed by atoms with E-state index < -0.39 is 0 Å². The molecule has 1 aliphatic heterocycles. The number of hydrogen-bond donors (Lipinski definition) is 1. The van der Waals surface area contributed by atoms with Gasteiger partial charge in [-0.1, -0.05) is 13.8 Å². The van der Waals surface area contributed by atoms with Crippen LogP contribution in [0.3, 0.4) is 0 Å². The highest BCUT2D eigenvalue weighted by atomic mass is 32.2. The summed E-state index contributed by atoms with van der Waals surface area (Å²) in [6.07, 6.45) is 0.480. The molecular weight excluding hydrogens is 284 g/mol. The molecule has 2 unspecified atom stereocenters. The number of nitrogens with one attached hydrogen (secondary N) is 1. The Bertz CT molecular complexity index is 484. The number of aromatic nitrogens is 1. The second-order valence-electron chi connectivity index (χ2n) is 4.80. The molecule has 1 N–H and O–H groups in total. The molecule has 6 heteroatoms. The minimum Gasteiger partial charge on any atom is -0.341 e. The van der Waals surface area contributed by atoms with Crippen LogP contribution in [-0.2, 0) is 11.2 Å². The fourth-order valence-electron chi connectivity index (χ4n) is 2.24. The second kappa shape index (κ2) is 5.75. The Balaban J connectivity index is 2.03. The lowest BCUT2D eigenvalue weighted by Gasteiger charge is -2.34. The van der Waals surface area contributed by atoms with Gasteiger partial charge in [0.2, 0.25) is 5.91 Å². The number of carbonyl (C=O) groups is 1. The summed E-state index contributed by atoms with van der Waals surface area (Å²) in [6, 6.07) is 0. The lowest BCUT2D eigenvalue weighted by molar-refractivity contribution is -0.130. The first kappa shape index (κ1) is 14.1. The van der Waals surface area contributed by atoms with Gasteiger partial charge < -0.3 is 9.88 Å². The van der Waals surface area contributed by atoms with Crippen LogP contribution in [0.25, 0.3) is 0 Å². The predicted octanol–water partition coefficient (Wildman–Crippen LogP) is 3.01. The van der Waals surface area contributed by atoms with Gasteiger partial charge in [-0.05, 0) is 19.1 Å². The summed E-state index contributed by atoms with van der Waals surface area (Å²) in [7, 11) is 0. The maximum atomic E-state index is 12.3. The van der Waals surface area contributed by atoms with Crippen molar-refractivity contribution in [2.45, 2.75) is 37.7 Å². The Kier molecular flexibility index (Phi) is 4.50. The first-order valence-electron chi connectivity index (χ1n) is 6.07. The Hall–Kier alpha value is -0.330. The molecular formula is C12H18N2OS3. The van der Waals surface area contributed by atoms with Gasteiger partial charge >= 0.3 is 0 Å². The SMILES string of the molecule is Cc1[nH]c(=S)sc1CC(=O)N1CC(C)SC(C)C1. The van der Waals surface area contributed by atoms with E-state index in [4.69, 9.17) is 12.2 Å². The van der Waals surface area contributed by atoms with Gasteiger partial charge in [0.15, 0.2) is 3.95 Å². The van der Waals surface area contributed by atoms with E-state index >= 15 is 0 Å². The van der Waals surface area contributed by atoms with Crippen molar-refractivity contribution in [2.24, 2.45) is 0 Å². The molecule has 1 amide bonds. The van der Waals surface area contributed by atoms with Crippen LogP contribution in [0.5, 0.6) is 0 Å². The Morgan fingerprint density at radius 3 is 2.56 bits per heavy atom. The molecule has 0 spiro atoms. The van der Waals surface area contributed by atoms with Crippen LogP contribution in [0, 0.1) is 10.9 Å². The average molecular weight is 302 g/mol. The number of aryl methyl sites for hydroxylation is 1. The Morgan fingerprint density at radius 2 is 2.06 bits per heavy atom. The van der Waals surface area contributed by atoms with Gasteiger partial charge in [0.05, 0.1) is 6.42 Å². The van der Waals surface area contributed by atoms with Crippen molar-refractivity contribution in [3.8, 4) is 0 Å². The number of nitrogens with zero attached hydrogens (tertiary/aromatic N) is 1. The highest BCUT2D eigenvalue weighted by molar-refractivity contribution is 8.00. The molecule has 0 saturated carbocycles. The maximum Gasteiger partial charge on any atom is 0.227 e. The summed E-state index contributed by atoms with van der Waals surface area (Å²) in [5.74, 6) is 0.224. The summed E-state index contributed by atoms with van der Waals surface area (Å²) in [6.45, 7) is 8.08. The van der Waals surface area contributed by atoms with Crippen LogP contribution >= 0.6 is 35.3 Å². The van der Waals surface area contributed by atoms with Gasteiger partial charge in [0.25, 0.3) is 0 Å². The minimum atomic E-state index is 0.224. The lowest BCUT2D eigenvalue weighted by Crippen LogP contribution is -2.44. The summed E-state index contributed by atoms with van der Waals surface area (Å²) in [5, 5.41) is 1.06. The number of carbonyl (C=O) groups excluding carboxylic acids is 1. The molecule has 2 heterocycles. The van der Waals surface area contributed by atoms with Crippen molar-refractivity contribution in [3.05, 3.63) is 14.5 Å². The quantitative estimate of drug-likeness (QED) is 0.853. The fraction of sp³-hybridized carbons (Fsp3) is 0.667. The van der Waals surface area contributed by atoms with E-state index in [9.17, 15) is 4.79 Å². The molecule has 100 valence electrons. The van der Waals surface area contributed by atoms with Gasteiger partial charge in [-0.2, -0.15) is 11.8 Å². The van der Waals surface area contributed by atoms with E-state index in [1.807, 2.05) is 23.6 Å². The highest BCUT2D eigenvalue weighted by Gasteiger charge is 2.26. The van der Waals surface area contributed by atoms with Crippen LogP contribution < -0.4 is 0 Å². The summed E-state index contributed by atoms with van der Waals surface area (Å²) in [5.41, 5.74) is 1.03. The highest BCUT2D eigenvalue weighted by Crippen LogP contribution is 2.25. The Labute approximate surface area is 121 Å². The van der Waals surface area contributed by atoms with Crippen molar-refractivity contribution in [1.82, 2.24) is 9.88 Å². The molecule has 0 radical (unpaired) electrons. The molecule has 0 aliphatic carbocycles. The lowest BCUT2D eigenvalue weighted by atomic mass is 10.2. The molecule has 3 nitrogen and oxygen atoms in total. The predicted molar refractivity (Wildman–Crippen MR) is 81.0 cm³/mol. The van der Waals surface area contributed by atoms with Gasteiger partial charge in [-0.25, -0.2) is 0 Å². The molecule has 1 aliphatic rings. The summed E-state index contributed by atoms with van der Waals surface area (Å²) >= 11 is 8.58. The molecule has 1 fully saturated rings. The van der Waals surface area contributed by atoms with Crippen molar-refractivity contribution < 1.29 is 4.79 Å². The molecule has 2 rings (SSSR count). The Morgan fingerprint density at radius 1 is 1.44 bits per heavy atom. The summed E-state index contributed by atoms with van der Waals surface area (Å²) < 4.78 is 0.756. The molecule has 1 aromatic rings. The van der Waals surface area contributed by atoms with Gasteiger partial charge in [0.1, 0.15) is 0 Å².